The molecule has 3 aromatic rings. The molecule has 0 bridgehead atoms. The van der Waals surface area contributed by atoms with Crippen LogP contribution in [0.5, 0.6) is 0 Å². The fourth-order valence-corrected chi connectivity index (χ4v) is 5.35. The minimum Gasteiger partial charge on any atom is -0.379 e. The Labute approximate surface area is 207 Å². The van der Waals surface area contributed by atoms with Gasteiger partial charge < -0.3 is 10.1 Å². The molecular weight excluding hydrogens is 462 g/mol. The first-order valence-corrected chi connectivity index (χ1v) is 13.1. The topological polar surface area (TPSA) is 87.7 Å². The molecule has 2 N–H and O–H groups in total. The molecule has 1 aliphatic rings. The van der Waals surface area contributed by atoms with E-state index in [0.717, 1.165) is 44.0 Å². The summed E-state index contributed by atoms with van der Waals surface area (Å²) < 4.78 is 33.6. The molecule has 3 aromatic carbocycles. The number of sulfonamides is 1. The van der Waals surface area contributed by atoms with Gasteiger partial charge in [0.05, 0.1) is 18.1 Å². The molecule has 0 saturated carbocycles. The molecule has 4 rings (SSSR count). The third-order valence-corrected chi connectivity index (χ3v) is 7.54. The van der Waals surface area contributed by atoms with E-state index in [0.29, 0.717) is 23.4 Å². The van der Waals surface area contributed by atoms with Crippen molar-refractivity contribution in [1.82, 2.24) is 10.2 Å². The average molecular weight is 494 g/mol. The Morgan fingerprint density at radius 3 is 2.26 bits per heavy atom. The van der Waals surface area contributed by atoms with E-state index in [-0.39, 0.29) is 10.8 Å². The zero-order valence-electron chi connectivity index (χ0n) is 20.1. The van der Waals surface area contributed by atoms with Gasteiger partial charge in [-0.25, -0.2) is 8.42 Å². The minimum absolute atomic E-state index is 0.216. The minimum atomic E-state index is -3.72. The van der Waals surface area contributed by atoms with E-state index in [1.54, 1.807) is 43.3 Å². The number of carbonyl (C=O) groups excluding carboxylic acids is 1. The van der Waals surface area contributed by atoms with E-state index in [1.165, 1.54) is 5.56 Å². The molecule has 0 unspecified atom stereocenters. The van der Waals surface area contributed by atoms with E-state index in [4.69, 9.17) is 4.74 Å². The number of hydrogen-bond acceptors (Lipinski definition) is 5. The van der Waals surface area contributed by atoms with Gasteiger partial charge in [-0.05, 0) is 66.4 Å². The first-order valence-electron chi connectivity index (χ1n) is 11.7. The average Bonchev–Trinajstić information content (AvgIpc) is 2.86. The molecule has 8 heteroatoms. The maximum absolute atomic E-state index is 12.8. The van der Waals surface area contributed by atoms with Crippen molar-refractivity contribution in [2.45, 2.75) is 31.8 Å². The van der Waals surface area contributed by atoms with Gasteiger partial charge in [-0.2, -0.15) is 0 Å². The summed E-state index contributed by atoms with van der Waals surface area (Å²) in [6.45, 7) is 8.39. The largest absolute Gasteiger partial charge is 0.379 e. The number of nitrogens with one attached hydrogen (secondary N) is 2. The fourth-order valence-electron chi connectivity index (χ4n) is 3.96. The molecule has 7 nitrogen and oxygen atoms in total. The number of amides is 1. The summed E-state index contributed by atoms with van der Waals surface area (Å²) >= 11 is 0. The Kier molecular flexibility index (Phi) is 7.85. The molecule has 0 aliphatic carbocycles. The highest BCUT2D eigenvalue weighted by atomic mass is 32.2. The third-order valence-electron chi connectivity index (χ3n) is 6.02. The molecule has 1 fully saturated rings. The van der Waals surface area contributed by atoms with Crippen LogP contribution in [0.3, 0.4) is 0 Å². The zero-order valence-corrected chi connectivity index (χ0v) is 20.9. The smallest absolute Gasteiger partial charge is 0.262 e. The lowest BCUT2D eigenvalue weighted by Gasteiger charge is -2.26. The van der Waals surface area contributed by atoms with E-state index >= 15 is 0 Å². The molecule has 184 valence electrons. The lowest BCUT2D eigenvalue weighted by atomic mass is 10.1. The van der Waals surface area contributed by atoms with Gasteiger partial charge in [0.15, 0.2) is 0 Å². The number of hydrogen-bond donors (Lipinski definition) is 2. The monoisotopic (exact) mass is 493 g/mol. The molecule has 1 amide bonds. The van der Waals surface area contributed by atoms with Crippen LogP contribution in [0.25, 0.3) is 0 Å². The maximum Gasteiger partial charge on any atom is 0.262 e. The predicted molar refractivity (Wildman–Crippen MR) is 137 cm³/mol. The van der Waals surface area contributed by atoms with Crippen molar-refractivity contribution in [2.24, 2.45) is 0 Å². The van der Waals surface area contributed by atoms with Gasteiger partial charge in [0.2, 0.25) is 0 Å². The second-order valence-electron chi connectivity index (χ2n) is 8.84. The van der Waals surface area contributed by atoms with Crippen LogP contribution in [0.1, 0.15) is 32.6 Å². The first-order chi connectivity index (χ1) is 16.8. The summed E-state index contributed by atoms with van der Waals surface area (Å²) in [5, 5.41) is 2.92. The SMILES string of the molecule is Cc1ccc(C)c(S(=O)(=O)Nc2ccc(C(=O)NCc3ccc(CN4CCOCC4)cc3)cc2)c1. The van der Waals surface area contributed by atoms with Gasteiger partial charge in [0.25, 0.3) is 15.9 Å². The van der Waals surface area contributed by atoms with Crippen molar-refractivity contribution in [1.29, 1.82) is 0 Å². The van der Waals surface area contributed by atoms with Crippen molar-refractivity contribution in [2.75, 3.05) is 31.0 Å². The number of morpholine rings is 1. The van der Waals surface area contributed by atoms with Crippen LogP contribution in [0.15, 0.2) is 71.6 Å². The van der Waals surface area contributed by atoms with Crippen LogP contribution in [0.4, 0.5) is 5.69 Å². The normalized spacial score (nSPS) is 14.5. The molecule has 1 aliphatic heterocycles. The molecule has 0 radical (unpaired) electrons. The lowest BCUT2D eigenvalue weighted by Crippen LogP contribution is -2.35. The van der Waals surface area contributed by atoms with Crippen LogP contribution in [-0.2, 0) is 27.8 Å². The Morgan fingerprint density at radius 2 is 1.57 bits per heavy atom. The van der Waals surface area contributed by atoms with Crippen LogP contribution in [0, 0.1) is 13.8 Å². The number of rotatable bonds is 8. The first kappa shape index (κ1) is 24.9. The van der Waals surface area contributed by atoms with Gasteiger partial charge >= 0.3 is 0 Å². The lowest BCUT2D eigenvalue weighted by molar-refractivity contribution is 0.0342. The van der Waals surface area contributed by atoms with Gasteiger partial charge in [0, 0.05) is 37.4 Å². The van der Waals surface area contributed by atoms with Gasteiger partial charge in [-0.15, -0.1) is 0 Å². The standard InChI is InChI=1S/C27H31N3O4S/c1-20-3-4-21(2)26(17-20)35(32,33)29-25-11-9-24(10-12-25)27(31)28-18-22-5-7-23(8-6-22)19-30-13-15-34-16-14-30/h3-12,17,29H,13-16,18-19H2,1-2H3,(H,28,31). The summed E-state index contributed by atoms with van der Waals surface area (Å²) in [5.74, 6) is -0.216. The quantitative estimate of drug-likeness (QED) is 0.498. The molecule has 0 atom stereocenters. The Bertz CT molecular complexity index is 1270. The highest BCUT2D eigenvalue weighted by Crippen LogP contribution is 2.21. The van der Waals surface area contributed by atoms with Gasteiger partial charge in [-0.1, -0.05) is 36.4 Å². The number of aryl methyl sites for hydroxylation is 2. The number of benzene rings is 3. The summed E-state index contributed by atoms with van der Waals surface area (Å²) in [6, 6.07) is 20.0. The summed E-state index contributed by atoms with van der Waals surface area (Å²) in [7, 11) is -3.72. The summed E-state index contributed by atoms with van der Waals surface area (Å²) in [5.41, 5.74) is 4.66. The van der Waals surface area contributed by atoms with Crippen molar-refractivity contribution in [3.8, 4) is 0 Å². The molecule has 0 spiro atoms. The second-order valence-corrected chi connectivity index (χ2v) is 10.5. The van der Waals surface area contributed by atoms with Gasteiger partial charge in [-0.3, -0.25) is 14.4 Å². The predicted octanol–water partition coefficient (Wildman–Crippen LogP) is 3.87. The van der Waals surface area contributed by atoms with E-state index in [9.17, 15) is 13.2 Å². The number of nitrogens with zero attached hydrogens (tertiary/aromatic N) is 1. The number of anilines is 1. The number of ether oxygens (including phenoxy) is 1. The van der Waals surface area contributed by atoms with Crippen LogP contribution in [-0.4, -0.2) is 45.5 Å². The Hall–Kier alpha value is -3.20. The molecule has 0 aromatic heterocycles. The van der Waals surface area contributed by atoms with Crippen LogP contribution < -0.4 is 10.0 Å². The summed E-state index contributed by atoms with van der Waals surface area (Å²) in [4.78, 5) is 15.2. The van der Waals surface area contributed by atoms with Crippen LogP contribution in [0.2, 0.25) is 0 Å². The maximum atomic E-state index is 12.8. The third kappa shape index (κ3) is 6.69. The Morgan fingerprint density at radius 1 is 0.914 bits per heavy atom. The fraction of sp³-hybridized carbons (Fsp3) is 0.296. The van der Waals surface area contributed by atoms with Gasteiger partial charge in [0.1, 0.15) is 0 Å². The second kappa shape index (κ2) is 11.0. The molecule has 35 heavy (non-hydrogen) atoms. The van der Waals surface area contributed by atoms with E-state index in [2.05, 4.69) is 27.1 Å². The molecule has 1 heterocycles. The van der Waals surface area contributed by atoms with E-state index in [1.807, 2.05) is 25.1 Å². The highest BCUT2D eigenvalue weighted by Gasteiger charge is 2.17. The molecule has 1 saturated heterocycles. The van der Waals surface area contributed by atoms with E-state index < -0.39 is 10.0 Å². The number of carbonyl (C=O) groups is 1. The van der Waals surface area contributed by atoms with Crippen molar-refractivity contribution in [3.63, 3.8) is 0 Å². The van der Waals surface area contributed by atoms with Crippen molar-refractivity contribution < 1.29 is 17.9 Å². The Balaban J connectivity index is 1.31. The van der Waals surface area contributed by atoms with Crippen molar-refractivity contribution in [3.05, 3.63) is 94.5 Å². The van der Waals surface area contributed by atoms with Crippen LogP contribution >= 0.6 is 0 Å². The summed E-state index contributed by atoms with van der Waals surface area (Å²) in [6.07, 6.45) is 0. The zero-order chi connectivity index (χ0) is 24.8. The van der Waals surface area contributed by atoms with Crippen molar-refractivity contribution >= 4 is 21.6 Å². The highest BCUT2D eigenvalue weighted by molar-refractivity contribution is 7.92. The molecular formula is C27H31N3O4S.